The number of fused-ring (bicyclic) bond motifs is 1. The van der Waals surface area contributed by atoms with Crippen LogP contribution >= 0.6 is 0 Å². The van der Waals surface area contributed by atoms with Crippen LogP contribution in [-0.2, 0) is 6.54 Å². The Kier molecular flexibility index (Phi) is 2.36. The highest BCUT2D eigenvalue weighted by Crippen LogP contribution is 2.08. The van der Waals surface area contributed by atoms with Gasteiger partial charge in [-0.05, 0) is 18.6 Å². The van der Waals surface area contributed by atoms with E-state index in [-0.39, 0.29) is 12.1 Å². The van der Waals surface area contributed by atoms with Crippen LogP contribution in [0.2, 0.25) is 0 Å². The smallest absolute Gasteiger partial charge is 0.263 e. The van der Waals surface area contributed by atoms with Crippen molar-refractivity contribution in [2.24, 2.45) is 0 Å². The first-order valence-corrected chi connectivity index (χ1v) is 5.32. The highest BCUT2D eigenvalue weighted by molar-refractivity contribution is 5.76. The molecule has 7 nitrogen and oxygen atoms in total. The van der Waals surface area contributed by atoms with E-state index in [0.29, 0.717) is 16.9 Å². The van der Waals surface area contributed by atoms with Crippen LogP contribution in [0.4, 0.5) is 0 Å². The van der Waals surface area contributed by atoms with E-state index in [4.69, 9.17) is 4.52 Å². The van der Waals surface area contributed by atoms with Gasteiger partial charge in [0.2, 0.25) is 5.89 Å². The summed E-state index contributed by atoms with van der Waals surface area (Å²) < 4.78 is 6.29. The van der Waals surface area contributed by atoms with Crippen molar-refractivity contribution in [3.63, 3.8) is 0 Å². The maximum atomic E-state index is 12.3. The lowest BCUT2D eigenvalue weighted by atomic mass is 10.2. The number of nitrogens with zero attached hydrogens (tertiary/aromatic N) is 5. The van der Waals surface area contributed by atoms with Gasteiger partial charge in [0.25, 0.3) is 5.56 Å². The molecule has 0 unspecified atom stereocenters. The average molecular weight is 243 g/mol. The van der Waals surface area contributed by atoms with Gasteiger partial charge in [-0.15, -0.1) is 0 Å². The van der Waals surface area contributed by atoms with Crippen molar-refractivity contribution in [2.75, 3.05) is 0 Å². The molecule has 3 aromatic rings. The molecule has 90 valence electrons. The number of hydrogen-bond acceptors (Lipinski definition) is 6. The zero-order chi connectivity index (χ0) is 12.5. The first kappa shape index (κ1) is 10.6. The Hall–Kier alpha value is -2.57. The topological polar surface area (TPSA) is 86.7 Å². The van der Waals surface area contributed by atoms with E-state index in [0.717, 1.165) is 5.56 Å². The predicted molar refractivity (Wildman–Crippen MR) is 61.9 cm³/mol. The van der Waals surface area contributed by atoms with Gasteiger partial charge in [0.1, 0.15) is 12.9 Å². The lowest BCUT2D eigenvalue weighted by molar-refractivity contribution is 0.368. The lowest BCUT2D eigenvalue weighted by Crippen LogP contribution is -2.22. The molecule has 3 aromatic heterocycles. The number of aryl methyl sites for hydroxylation is 1. The van der Waals surface area contributed by atoms with Gasteiger partial charge in [0, 0.05) is 6.20 Å². The van der Waals surface area contributed by atoms with Crippen molar-refractivity contribution in [1.82, 2.24) is 24.7 Å². The van der Waals surface area contributed by atoms with E-state index < -0.39 is 0 Å². The van der Waals surface area contributed by atoms with Gasteiger partial charge in [-0.25, -0.2) is 9.97 Å². The maximum absolute atomic E-state index is 12.3. The van der Waals surface area contributed by atoms with Crippen molar-refractivity contribution in [1.29, 1.82) is 0 Å². The molecule has 0 atom stereocenters. The Bertz CT molecular complexity index is 748. The summed E-state index contributed by atoms with van der Waals surface area (Å²) in [4.78, 5) is 24.4. The van der Waals surface area contributed by atoms with Crippen molar-refractivity contribution in [3.8, 4) is 0 Å². The van der Waals surface area contributed by atoms with Gasteiger partial charge in [-0.2, -0.15) is 4.98 Å². The number of pyridine rings is 1. The number of hydrogen-bond donors (Lipinski definition) is 0. The second kappa shape index (κ2) is 4.02. The normalized spacial score (nSPS) is 10.9. The molecule has 0 spiro atoms. The van der Waals surface area contributed by atoms with E-state index >= 15 is 0 Å². The minimum Gasteiger partial charge on any atom is -0.338 e. The summed E-state index contributed by atoms with van der Waals surface area (Å²) in [5, 5.41) is 4.01. The van der Waals surface area contributed by atoms with Gasteiger partial charge in [-0.1, -0.05) is 5.16 Å². The fourth-order valence-corrected chi connectivity index (χ4v) is 1.75. The van der Waals surface area contributed by atoms with Crippen LogP contribution in [0.1, 0.15) is 11.5 Å². The van der Waals surface area contributed by atoms with E-state index in [2.05, 4.69) is 20.1 Å². The summed E-state index contributed by atoms with van der Waals surface area (Å²) in [5.74, 6) is 0.361. The van der Waals surface area contributed by atoms with Gasteiger partial charge in [0.15, 0.2) is 12.0 Å². The van der Waals surface area contributed by atoms with Crippen LogP contribution in [0.5, 0.6) is 0 Å². The Morgan fingerprint density at radius 1 is 1.33 bits per heavy atom. The third kappa shape index (κ3) is 1.65. The molecule has 0 amide bonds. The monoisotopic (exact) mass is 243 g/mol. The Morgan fingerprint density at radius 3 is 3.00 bits per heavy atom. The van der Waals surface area contributed by atoms with Gasteiger partial charge >= 0.3 is 0 Å². The fraction of sp³-hybridized carbons (Fsp3) is 0.182. The van der Waals surface area contributed by atoms with Crippen molar-refractivity contribution in [3.05, 3.63) is 46.7 Å². The molecule has 18 heavy (non-hydrogen) atoms. The Balaban J connectivity index is 2.17. The average Bonchev–Trinajstić information content (AvgIpc) is 2.86. The summed E-state index contributed by atoms with van der Waals surface area (Å²) in [5.41, 5.74) is 1.13. The number of aromatic nitrogens is 5. The zero-order valence-electron chi connectivity index (χ0n) is 9.57. The molecule has 0 radical (unpaired) electrons. The largest absolute Gasteiger partial charge is 0.338 e. The highest BCUT2D eigenvalue weighted by Gasteiger charge is 2.09. The second-order valence-corrected chi connectivity index (χ2v) is 3.84. The molecule has 3 rings (SSSR count). The molecule has 0 bridgehead atoms. The molecular weight excluding hydrogens is 234 g/mol. The van der Waals surface area contributed by atoms with Gasteiger partial charge < -0.3 is 4.52 Å². The van der Waals surface area contributed by atoms with Crippen LogP contribution in [0.25, 0.3) is 11.0 Å². The molecule has 0 aliphatic heterocycles. The number of rotatable bonds is 2. The first-order valence-electron chi connectivity index (χ1n) is 5.32. The van der Waals surface area contributed by atoms with E-state index in [1.807, 2.05) is 6.92 Å². The molecule has 0 fully saturated rings. The lowest BCUT2D eigenvalue weighted by Gasteiger charge is -2.04. The molecule has 3 heterocycles. The molecule has 0 saturated heterocycles. The van der Waals surface area contributed by atoms with Crippen LogP contribution in [0.3, 0.4) is 0 Å². The summed E-state index contributed by atoms with van der Waals surface area (Å²) in [6.07, 6.45) is 4.36. The summed E-state index contributed by atoms with van der Waals surface area (Å²) in [6, 6.07) is 1.78. The molecule has 7 heteroatoms. The van der Waals surface area contributed by atoms with E-state index in [1.165, 1.54) is 17.2 Å². The zero-order valence-corrected chi connectivity index (χ0v) is 9.57. The molecular formula is C11H9N5O2. The summed E-state index contributed by atoms with van der Waals surface area (Å²) >= 11 is 0. The Morgan fingerprint density at radius 2 is 2.22 bits per heavy atom. The van der Waals surface area contributed by atoms with E-state index in [1.54, 1.807) is 12.3 Å². The van der Waals surface area contributed by atoms with E-state index in [9.17, 15) is 4.79 Å². The van der Waals surface area contributed by atoms with Crippen molar-refractivity contribution >= 4 is 11.0 Å². The molecule has 0 N–H and O–H groups in total. The Labute approximate surface area is 101 Å². The molecule has 0 saturated carbocycles. The molecule has 0 aliphatic carbocycles. The van der Waals surface area contributed by atoms with Crippen LogP contribution < -0.4 is 5.56 Å². The fourth-order valence-electron chi connectivity index (χ4n) is 1.75. The maximum Gasteiger partial charge on any atom is 0.263 e. The summed E-state index contributed by atoms with van der Waals surface area (Å²) in [6.45, 7) is 2.06. The van der Waals surface area contributed by atoms with Crippen LogP contribution in [0.15, 0.2) is 34.2 Å². The van der Waals surface area contributed by atoms with Crippen molar-refractivity contribution in [2.45, 2.75) is 13.5 Å². The van der Waals surface area contributed by atoms with Crippen LogP contribution in [0, 0.1) is 6.92 Å². The first-order chi connectivity index (χ1) is 8.75. The highest BCUT2D eigenvalue weighted by atomic mass is 16.5. The third-order valence-corrected chi connectivity index (χ3v) is 2.65. The quantitative estimate of drug-likeness (QED) is 0.652. The SMILES string of the molecule is Cc1ccnc2ncn(Cc3ncno3)c(=O)c12. The molecule has 0 aromatic carbocycles. The standard InChI is InChI=1S/C11H9N5O2/c1-7-2-3-12-10-9(7)11(17)16(6-14-10)4-8-13-5-15-18-8/h2-3,5-6H,4H2,1H3. The predicted octanol–water partition coefficient (Wildman–Crippen LogP) is 0.531. The van der Waals surface area contributed by atoms with Crippen molar-refractivity contribution < 1.29 is 4.52 Å². The minimum atomic E-state index is -0.163. The minimum absolute atomic E-state index is 0.163. The summed E-state index contributed by atoms with van der Waals surface area (Å²) in [7, 11) is 0. The molecule has 0 aliphatic rings. The third-order valence-electron chi connectivity index (χ3n) is 2.65. The van der Waals surface area contributed by atoms with Gasteiger partial charge in [-0.3, -0.25) is 9.36 Å². The van der Waals surface area contributed by atoms with Crippen LogP contribution in [-0.4, -0.2) is 24.7 Å². The van der Waals surface area contributed by atoms with Gasteiger partial charge in [0.05, 0.1) is 5.39 Å². The second-order valence-electron chi connectivity index (χ2n) is 3.84.